The van der Waals surface area contributed by atoms with Crippen molar-refractivity contribution >= 4 is 39.1 Å². The monoisotopic (exact) mass is 569 g/mol. The summed E-state index contributed by atoms with van der Waals surface area (Å²) in [6, 6.07) is 21.3. The number of amides is 2. The van der Waals surface area contributed by atoms with E-state index in [1.807, 2.05) is 27.7 Å². The van der Waals surface area contributed by atoms with Crippen LogP contribution in [0.5, 0.6) is 0 Å². The lowest BCUT2D eigenvalue weighted by Crippen LogP contribution is -2.52. The fourth-order valence-corrected chi connectivity index (χ4v) is 5.63. The van der Waals surface area contributed by atoms with Crippen molar-refractivity contribution < 1.29 is 18.0 Å². The zero-order valence-corrected chi connectivity index (χ0v) is 24.4. The number of aryl methyl sites for hydroxylation is 1. The van der Waals surface area contributed by atoms with Gasteiger partial charge in [-0.05, 0) is 61.2 Å². The SMILES string of the molecule is CCC(C(=O)NCC(C)C)N(Cc1ccc(Cl)cc1)C(=O)CN(c1ccccc1)S(=O)(=O)c1ccc(C)cc1. The van der Waals surface area contributed by atoms with E-state index in [9.17, 15) is 18.0 Å². The Bertz CT molecular complexity index is 1350. The molecule has 3 aromatic rings. The molecule has 0 spiro atoms. The molecule has 0 heterocycles. The van der Waals surface area contributed by atoms with E-state index < -0.39 is 28.5 Å². The van der Waals surface area contributed by atoms with Crippen LogP contribution in [0, 0.1) is 12.8 Å². The van der Waals surface area contributed by atoms with Crippen LogP contribution in [-0.2, 0) is 26.2 Å². The predicted molar refractivity (Wildman–Crippen MR) is 156 cm³/mol. The predicted octanol–water partition coefficient (Wildman–Crippen LogP) is 5.42. The molecule has 0 saturated carbocycles. The number of rotatable bonds is 12. The number of nitrogens with zero attached hydrogens (tertiary/aromatic N) is 2. The normalized spacial score (nSPS) is 12.2. The lowest BCUT2D eigenvalue weighted by atomic mass is 10.1. The molecular weight excluding hydrogens is 534 g/mol. The van der Waals surface area contributed by atoms with Gasteiger partial charge in [0.05, 0.1) is 10.6 Å². The molecule has 7 nitrogen and oxygen atoms in total. The Morgan fingerprint density at radius 2 is 1.54 bits per heavy atom. The molecule has 3 rings (SSSR count). The average molecular weight is 570 g/mol. The van der Waals surface area contributed by atoms with Gasteiger partial charge in [-0.25, -0.2) is 8.42 Å². The van der Waals surface area contributed by atoms with Gasteiger partial charge in [0, 0.05) is 18.1 Å². The van der Waals surface area contributed by atoms with E-state index in [2.05, 4.69) is 5.32 Å². The summed E-state index contributed by atoms with van der Waals surface area (Å²) in [4.78, 5) is 28.7. The number of benzene rings is 3. The molecule has 2 amide bonds. The van der Waals surface area contributed by atoms with Crippen molar-refractivity contribution in [3.63, 3.8) is 0 Å². The van der Waals surface area contributed by atoms with Crippen LogP contribution < -0.4 is 9.62 Å². The van der Waals surface area contributed by atoms with Crippen molar-refractivity contribution in [1.29, 1.82) is 0 Å². The van der Waals surface area contributed by atoms with Crippen molar-refractivity contribution in [2.24, 2.45) is 5.92 Å². The van der Waals surface area contributed by atoms with E-state index >= 15 is 0 Å². The second-order valence-electron chi connectivity index (χ2n) is 9.87. The zero-order valence-electron chi connectivity index (χ0n) is 22.8. The molecule has 9 heteroatoms. The van der Waals surface area contributed by atoms with Gasteiger partial charge in [-0.1, -0.05) is 80.4 Å². The quantitative estimate of drug-likeness (QED) is 0.315. The zero-order chi connectivity index (χ0) is 28.6. The van der Waals surface area contributed by atoms with Gasteiger partial charge in [0.2, 0.25) is 11.8 Å². The van der Waals surface area contributed by atoms with E-state index in [0.29, 0.717) is 23.7 Å². The molecule has 0 fully saturated rings. The maximum absolute atomic E-state index is 14.0. The van der Waals surface area contributed by atoms with E-state index in [1.165, 1.54) is 17.0 Å². The van der Waals surface area contributed by atoms with Crippen LogP contribution in [0.3, 0.4) is 0 Å². The summed E-state index contributed by atoms with van der Waals surface area (Å²) in [5.41, 5.74) is 2.05. The lowest BCUT2D eigenvalue weighted by Gasteiger charge is -2.33. The molecule has 3 aromatic carbocycles. The number of anilines is 1. The summed E-state index contributed by atoms with van der Waals surface area (Å²) >= 11 is 6.06. The summed E-state index contributed by atoms with van der Waals surface area (Å²) in [5, 5.41) is 3.48. The number of para-hydroxylation sites is 1. The first-order chi connectivity index (χ1) is 18.5. The first-order valence-corrected chi connectivity index (χ1v) is 14.8. The summed E-state index contributed by atoms with van der Waals surface area (Å²) < 4.78 is 28.7. The number of carbonyl (C=O) groups is 2. The topological polar surface area (TPSA) is 86.8 Å². The maximum Gasteiger partial charge on any atom is 0.264 e. The molecule has 0 bridgehead atoms. The highest BCUT2D eigenvalue weighted by atomic mass is 35.5. The lowest BCUT2D eigenvalue weighted by molar-refractivity contribution is -0.140. The van der Waals surface area contributed by atoms with Crippen LogP contribution in [0.25, 0.3) is 0 Å². The number of carbonyl (C=O) groups excluding carboxylic acids is 2. The fourth-order valence-electron chi connectivity index (χ4n) is 4.09. The summed E-state index contributed by atoms with van der Waals surface area (Å²) in [7, 11) is -4.08. The molecule has 39 heavy (non-hydrogen) atoms. The highest BCUT2D eigenvalue weighted by molar-refractivity contribution is 7.92. The highest BCUT2D eigenvalue weighted by Gasteiger charge is 2.33. The first kappa shape index (κ1) is 30.2. The Hall–Kier alpha value is -3.36. The van der Waals surface area contributed by atoms with Gasteiger partial charge in [0.15, 0.2) is 0 Å². The second-order valence-corrected chi connectivity index (χ2v) is 12.2. The van der Waals surface area contributed by atoms with E-state index in [0.717, 1.165) is 15.4 Å². The smallest absolute Gasteiger partial charge is 0.264 e. The third kappa shape index (κ3) is 8.07. The largest absolute Gasteiger partial charge is 0.354 e. The van der Waals surface area contributed by atoms with Crippen LogP contribution in [0.4, 0.5) is 5.69 Å². The molecule has 0 radical (unpaired) electrons. The van der Waals surface area contributed by atoms with Crippen LogP contribution in [0.2, 0.25) is 5.02 Å². The number of nitrogens with one attached hydrogen (secondary N) is 1. The molecule has 0 saturated heterocycles. The summed E-state index contributed by atoms with van der Waals surface area (Å²) in [6.45, 7) is 7.81. The number of halogens is 1. The standard InChI is InChI=1S/C30H36ClN3O4S/c1-5-28(30(36)32-19-22(2)3)33(20-24-13-15-25(31)16-14-24)29(35)21-34(26-9-7-6-8-10-26)39(37,38)27-17-11-23(4)12-18-27/h6-18,22,28H,5,19-21H2,1-4H3,(H,32,36). The minimum atomic E-state index is -4.08. The Morgan fingerprint density at radius 1 is 0.923 bits per heavy atom. The van der Waals surface area contributed by atoms with Crippen molar-refractivity contribution in [2.75, 3.05) is 17.4 Å². The third-order valence-electron chi connectivity index (χ3n) is 6.27. The van der Waals surface area contributed by atoms with Crippen molar-refractivity contribution in [1.82, 2.24) is 10.2 Å². The van der Waals surface area contributed by atoms with Gasteiger partial charge in [0.1, 0.15) is 12.6 Å². The molecule has 0 aliphatic rings. The molecule has 1 unspecified atom stereocenters. The molecule has 1 N–H and O–H groups in total. The molecule has 208 valence electrons. The van der Waals surface area contributed by atoms with Crippen molar-refractivity contribution in [2.45, 2.75) is 51.6 Å². The number of hydrogen-bond acceptors (Lipinski definition) is 4. The fraction of sp³-hybridized carbons (Fsp3) is 0.333. The number of sulfonamides is 1. The summed E-state index contributed by atoms with van der Waals surface area (Å²) in [5.74, 6) is -0.530. The molecule has 1 atom stereocenters. The molecular formula is C30H36ClN3O4S. The van der Waals surface area contributed by atoms with E-state index in [-0.39, 0.29) is 23.3 Å². The van der Waals surface area contributed by atoms with E-state index in [4.69, 9.17) is 11.6 Å². The third-order valence-corrected chi connectivity index (χ3v) is 8.31. The average Bonchev–Trinajstić information content (AvgIpc) is 2.92. The Balaban J connectivity index is 2.01. The number of hydrogen-bond donors (Lipinski definition) is 1. The van der Waals surface area contributed by atoms with Gasteiger partial charge < -0.3 is 10.2 Å². The van der Waals surface area contributed by atoms with Crippen LogP contribution in [-0.4, -0.2) is 44.3 Å². The van der Waals surface area contributed by atoms with Crippen molar-refractivity contribution in [3.8, 4) is 0 Å². The Kier molecular flexibility index (Phi) is 10.5. The van der Waals surface area contributed by atoms with Crippen LogP contribution >= 0.6 is 11.6 Å². The van der Waals surface area contributed by atoms with Gasteiger partial charge in [-0.2, -0.15) is 0 Å². The van der Waals surface area contributed by atoms with E-state index in [1.54, 1.807) is 66.7 Å². The van der Waals surface area contributed by atoms with Crippen LogP contribution in [0.15, 0.2) is 83.8 Å². The minimum Gasteiger partial charge on any atom is -0.354 e. The van der Waals surface area contributed by atoms with Gasteiger partial charge in [0.25, 0.3) is 10.0 Å². The molecule has 0 aromatic heterocycles. The maximum atomic E-state index is 14.0. The second kappa shape index (κ2) is 13.6. The highest BCUT2D eigenvalue weighted by Crippen LogP contribution is 2.25. The van der Waals surface area contributed by atoms with Gasteiger partial charge >= 0.3 is 0 Å². The Morgan fingerprint density at radius 3 is 2.10 bits per heavy atom. The van der Waals surface area contributed by atoms with Crippen molar-refractivity contribution in [3.05, 3.63) is 95.0 Å². The minimum absolute atomic E-state index is 0.0794. The molecule has 0 aliphatic heterocycles. The molecule has 0 aliphatic carbocycles. The van der Waals surface area contributed by atoms with Crippen LogP contribution in [0.1, 0.15) is 38.3 Å². The Labute approximate surface area is 236 Å². The summed E-state index contributed by atoms with van der Waals surface area (Å²) in [6.07, 6.45) is 0.360. The first-order valence-electron chi connectivity index (χ1n) is 13.0. The van der Waals surface area contributed by atoms with Gasteiger partial charge in [-0.15, -0.1) is 0 Å². The van der Waals surface area contributed by atoms with Gasteiger partial charge in [-0.3, -0.25) is 13.9 Å².